The van der Waals surface area contributed by atoms with Gasteiger partial charge in [0, 0.05) is 13.7 Å². The van der Waals surface area contributed by atoms with Crippen molar-refractivity contribution in [3.8, 4) is 0 Å². The number of hydrogen-bond acceptors (Lipinski definition) is 3. The van der Waals surface area contributed by atoms with Crippen LogP contribution in [-0.2, 0) is 9.47 Å². The van der Waals surface area contributed by atoms with Gasteiger partial charge in [0.05, 0.1) is 12.8 Å². The van der Waals surface area contributed by atoms with Gasteiger partial charge in [0.2, 0.25) is 0 Å². The van der Waals surface area contributed by atoms with E-state index in [1.807, 2.05) is 14.1 Å². The van der Waals surface area contributed by atoms with Crippen LogP contribution in [0.15, 0.2) is 12.2 Å². The average molecular weight is 257 g/mol. The standard InChI is InChI=1S/C15H31NO2/c1-13(2)15(18-12-16(4)5)11-14(3)9-7-8-10-17-6/h13,15H,3,7-12H2,1-2,4-6H3. The molecule has 0 aromatic carbocycles. The molecule has 3 nitrogen and oxygen atoms in total. The molecule has 18 heavy (non-hydrogen) atoms. The van der Waals surface area contributed by atoms with Crippen molar-refractivity contribution in [1.82, 2.24) is 4.90 Å². The minimum Gasteiger partial charge on any atom is -0.385 e. The largest absolute Gasteiger partial charge is 0.385 e. The Balaban J connectivity index is 3.89. The summed E-state index contributed by atoms with van der Waals surface area (Å²) in [6, 6.07) is 0. The van der Waals surface area contributed by atoms with Crippen molar-refractivity contribution >= 4 is 0 Å². The average Bonchev–Trinajstić information content (AvgIpc) is 2.29. The molecule has 0 aromatic heterocycles. The molecule has 0 rings (SSSR count). The number of ether oxygens (including phenoxy) is 2. The Morgan fingerprint density at radius 1 is 1.22 bits per heavy atom. The van der Waals surface area contributed by atoms with E-state index in [-0.39, 0.29) is 6.10 Å². The van der Waals surface area contributed by atoms with Crippen LogP contribution >= 0.6 is 0 Å². The molecule has 1 atom stereocenters. The molecule has 0 aliphatic carbocycles. The molecule has 0 fully saturated rings. The van der Waals surface area contributed by atoms with E-state index in [2.05, 4.69) is 25.3 Å². The van der Waals surface area contributed by atoms with Crippen molar-refractivity contribution in [2.45, 2.75) is 45.6 Å². The summed E-state index contributed by atoms with van der Waals surface area (Å²) in [5, 5.41) is 0. The van der Waals surface area contributed by atoms with E-state index in [1.54, 1.807) is 7.11 Å². The maximum atomic E-state index is 5.90. The van der Waals surface area contributed by atoms with E-state index in [4.69, 9.17) is 9.47 Å². The Morgan fingerprint density at radius 3 is 2.39 bits per heavy atom. The molecule has 0 spiro atoms. The predicted octanol–water partition coefficient (Wildman–Crippen LogP) is 3.31. The molecular weight excluding hydrogens is 226 g/mol. The van der Waals surface area contributed by atoms with Crippen molar-refractivity contribution in [1.29, 1.82) is 0 Å². The highest BCUT2D eigenvalue weighted by atomic mass is 16.5. The number of hydrogen-bond donors (Lipinski definition) is 0. The smallest absolute Gasteiger partial charge is 0.0989 e. The summed E-state index contributed by atoms with van der Waals surface area (Å²) in [5.41, 5.74) is 1.29. The highest BCUT2D eigenvalue weighted by Gasteiger charge is 2.15. The first kappa shape index (κ1) is 17.6. The summed E-state index contributed by atoms with van der Waals surface area (Å²) in [4.78, 5) is 2.05. The summed E-state index contributed by atoms with van der Waals surface area (Å²) in [5.74, 6) is 0.528. The maximum Gasteiger partial charge on any atom is 0.0989 e. The zero-order chi connectivity index (χ0) is 14.0. The van der Waals surface area contributed by atoms with Crippen molar-refractivity contribution in [3.05, 3.63) is 12.2 Å². The normalized spacial score (nSPS) is 13.3. The fourth-order valence-electron chi connectivity index (χ4n) is 1.74. The molecule has 0 bridgehead atoms. The van der Waals surface area contributed by atoms with Crippen LogP contribution in [0.2, 0.25) is 0 Å². The molecule has 0 aliphatic heterocycles. The van der Waals surface area contributed by atoms with Gasteiger partial charge in [0.15, 0.2) is 0 Å². The van der Waals surface area contributed by atoms with Gasteiger partial charge in [-0.1, -0.05) is 26.0 Å². The van der Waals surface area contributed by atoms with Crippen LogP contribution in [0.1, 0.15) is 39.5 Å². The molecular formula is C15H31NO2. The Kier molecular flexibility index (Phi) is 10.3. The first-order valence-corrected chi connectivity index (χ1v) is 6.89. The van der Waals surface area contributed by atoms with Gasteiger partial charge in [-0.15, -0.1) is 0 Å². The molecule has 0 heterocycles. The lowest BCUT2D eigenvalue weighted by molar-refractivity contribution is -0.0260. The minimum atomic E-state index is 0.280. The molecule has 0 saturated carbocycles. The molecule has 0 radical (unpaired) electrons. The van der Waals surface area contributed by atoms with E-state index in [9.17, 15) is 0 Å². The lowest BCUT2D eigenvalue weighted by Gasteiger charge is -2.24. The lowest BCUT2D eigenvalue weighted by Crippen LogP contribution is -2.26. The first-order chi connectivity index (χ1) is 8.47. The predicted molar refractivity (Wildman–Crippen MR) is 77.7 cm³/mol. The molecule has 0 amide bonds. The van der Waals surface area contributed by atoms with Crippen LogP contribution < -0.4 is 0 Å². The van der Waals surface area contributed by atoms with Crippen LogP contribution in [0, 0.1) is 5.92 Å². The van der Waals surface area contributed by atoms with Crippen LogP contribution in [0.3, 0.4) is 0 Å². The van der Waals surface area contributed by atoms with Gasteiger partial charge in [-0.25, -0.2) is 0 Å². The quantitative estimate of drug-likeness (QED) is 0.322. The Bertz CT molecular complexity index is 215. The number of nitrogens with zero attached hydrogens (tertiary/aromatic N) is 1. The Hall–Kier alpha value is -0.380. The second-order valence-electron chi connectivity index (χ2n) is 5.56. The SMILES string of the molecule is C=C(CCCCOC)CC(OCN(C)C)C(C)C. The second-order valence-corrected chi connectivity index (χ2v) is 5.56. The molecule has 3 heteroatoms. The highest BCUT2D eigenvalue weighted by Crippen LogP contribution is 2.19. The zero-order valence-corrected chi connectivity index (χ0v) is 12.9. The number of rotatable bonds is 11. The first-order valence-electron chi connectivity index (χ1n) is 6.89. The van der Waals surface area contributed by atoms with Gasteiger partial charge in [-0.3, -0.25) is 4.90 Å². The van der Waals surface area contributed by atoms with Gasteiger partial charge < -0.3 is 9.47 Å². The second kappa shape index (κ2) is 10.5. The monoisotopic (exact) mass is 257 g/mol. The summed E-state index contributed by atoms with van der Waals surface area (Å²) in [7, 11) is 5.80. The molecule has 0 aromatic rings. The highest BCUT2D eigenvalue weighted by molar-refractivity contribution is 4.96. The third-order valence-corrected chi connectivity index (χ3v) is 2.91. The fourth-order valence-corrected chi connectivity index (χ4v) is 1.74. The molecule has 0 saturated heterocycles. The van der Waals surface area contributed by atoms with Crippen LogP contribution in [0.5, 0.6) is 0 Å². The molecule has 1 unspecified atom stereocenters. The minimum absolute atomic E-state index is 0.280. The van der Waals surface area contributed by atoms with Gasteiger partial charge in [-0.2, -0.15) is 0 Å². The number of unbranched alkanes of at least 4 members (excludes halogenated alkanes) is 1. The van der Waals surface area contributed by atoms with E-state index >= 15 is 0 Å². The fraction of sp³-hybridized carbons (Fsp3) is 0.867. The van der Waals surface area contributed by atoms with Crippen LogP contribution in [0.4, 0.5) is 0 Å². The van der Waals surface area contributed by atoms with E-state index in [0.717, 1.165) is 32.3 Å². The van der Waals surface area contributed by atoms with Crippen molar-refractivity contribution in [2.24, 2.45) is 5.92 Å². The summed E-state index contributed by atoms with van der Waals surface area (Å²) >= 11 is 0. The van der Waals surface area contributed by atoms with Crippen molar-refractivity contribution < 1.29 is 9.47 Å². The van der Waals surface area contributed by atoms with Gasteiger partial charge in [-0.05, 0) is 45.7 Å². The van der Waals surface area contributed by atoms with Gasteiger partial charge in [0.1, 0.15) is 0 Å². The lowest BCUT2D eigenvalue weighted by atomic mass is 9.97. The number of methoxy groups -OCH3 is 1. The van der Waals surface area contributed by atoms with Crippen molar-refractivity contribution in [3.63, 3.8) is 0 Å². The van der Waals surface area contributed by atoms with Crippen molar-refractivity contribution in [2.75, 3.05) is 34.5 Å². The summed E-state index contributed by atoms with van der Waals surface area (Å²) < 4.78 is 11.0. The van der Waals surface area contributed by atoms with E-state index < -0.39 is 0 Å². The Labute approximate surface area is 113 Å². The van der Waals surface area contributed by atoms with Crippen LogP contribution in [0.25, 0.3) is 0 Å². The third-order valence-electron chi connectivity index (χ3n) is 2.91. The molecule has 108 valence electrons. The van der Waals surface area contributed by atoms with Gasteiger partial charge in [0.25, 0.3) is 0 Å². The maximum absolute atomic E-state index is 5.90. The molecule has 0 aliphatic rings. The molecule has 0 N–H and O–H groups in total. The third kappa shape index (κ3) is 9.63. The topological polar surface area (TPSA) is 21.7 Å². The Morgan fingerprint density at radius 2 is 1.89 bits per heavy atom. The van der Waals surface area contributed by atoms with E-state index in [1.165, 1.54) is 5.57 Å². The van der Waals surface area contributed by atoms with Crippen LogP contribution in [-0.4, -0.2) is 45.5 Å². The zero-order valence-electron chi connectivity index (χ0n) is 12.9. The van der Waals surface area contributed by atoms with E-state index in [0.29, 0.717) is 12.6 Å². The summed E-state index contributed by atoms with van der Waals surface area (Å²) in [6.45, 7) is 10.1. The summed E-state index contributed by atoms with van der Waals surface area (Å²) in [6.07, 6.45) is 4.60. The van der Waals surface area contributed by atoms with Gasteiger partial charge >= 0.3 is 0 Å².